The Morgan fingerprint density at radius 3 is 2.81 bits per heavy atom. The number of carbonyl (C=O) groups excluding carboxylic acids is 1. The molecule has 3 nitrogen and oxygen atoms in total. The third kappa shape index (κ3) is 2.03. The molecule has 2 rings (SSSR count). The number of aromatic nitrogens is 1. The number of nitrogens with zero attached hydrogens (tertiary/aromatic N) is 1. The zero-order valence-electron chi connectivity index (χ0n) is 9.31. The molecule has 0 aliphatic carbocycles. The molecule has 1 heterocycles. The predicted molar refractivity (Wildman–Crippen MR) is 60.5 cm³/mol. The molecule has 82 valence electrons. The Balaban J connectivity index is 2.34. The molecular weight excluding hydrogens is 202 g/mol. The molecule has 2 aromatic rings. The molecule has 0 saturated carbocycles. The number of ketones is 1. The average molecular weight is 215 g/mol. The number of hydrogen-bond donors (Lipinski definition) is 0. The molecule has 3 heteroatoms. The van der Waals surface area contributed by atoms with Gasteiger partial charge in [-0.15, -0.1) is 0 Å². The van der Waals surface area contributed by atoms with E-state index in [-0.39, 0.29) is 11.7 Å². The monoisotopic (exact) mass is 215 g/mol. The highest BCUT2D eigenvalue weighted by Crippen LogP contribution is 2.17. The van der Waals surface area contributed by atoms with Crippen molar-refractivity contribution >= 4 is 5.78 Å². The van der Waals surface area contributed by atoms with Crippen LogP contribution in [0.25, 0.3) is 0 Å². The van der Waals surface area contributed by atoms with E-state index in [1.165, 1.54) is 12.5 Å². The van der Waals surface area contributed by atoms with Crippen LogP contribution >= 0.6 is 0 Å². The maximum atomic E-state index is 11.9. The van der Waals surface area contributed by atoms with Gasteiger partial charge in [0.1, 0.15) is 6.26 Å². The first-order valence-corrected chi connectivity index (χ1v) is 5.22. The lowest BCUT2D eigenvalue weighted by molar-refractivity contribution is 0.100. The van der Waals surface area contributed by atoms with Gasteiger partial charge in [0.05, 0.1) is 6.20 Å². The van der Waals surface area contributed by atoms with Gasteiger partial charge in [0.25, 0.3) is 5.89 Å². The van der Waals surface area contributed by atoms with Gasteiger partial charge in [-0.2, -0.15) is 0 Å². The summed E-state index contributed by atoms with van der Waals surface area (Å²) in [5, 5.41) is 0. The van der Waals surface area contributed by atoms with Crippen LogP contribution in [0.3, 0.4) is 0 Å². The normalized spacial score (nSPS) is 10.7. The molecule has 0 atom stereocenters. The van der Waals surface area contributed by atoms with Gasteiger partial charge in [0.2, 0.25) is 5.78 Å². The molecule has 1 aromatic heterocycles. The van der Waals surface area contributed by atoms with Crippen LogP contribution in [0.1, 0.15) is 41.6 Å². The SMILES string of the molecule is CC(C)c1cccc(C(=O)c2ncco2)c1. The van der Waals surface area contributed by atoms with Gasteiger partial charge in [0, 0.05) is 5.56 Å². The summed E-state index contributed by atoms with van der Waals surface area (Å²) < 4.78 is 4.99. The lowest BCUT2D eigenvalue weighted by Crippen LogP contribution is -2.02. The Hall–Kier alpha value is -1.90. The van der Waals surface area contributed by atoms with Gasteiger partial charge in [-0.05, 0) is 17.5 Å². The quantitative estimate of drug-likeness (QED) is 0.739. The highest BCUT2D eigenvalue weighted by atomic mass is 16.3. The Labute approximate surface area is 94.1 Å². The van der Waals surface area contributed by atoms with Crippen LogP contribution in [0.4, 0.5) is 0 Å². The summed E-state index contributed by atoms with van der Waals surface area (Å²) in [7, 11) is 0. The van der Waals surface area contributed by atoms with Crippen LogP contribution in [0, 0.1) is 0 Å². The summed E-state index contributed by atoms with van der Waals surface area (Å²) in [5.41, 5.74) is 1.76. The van der Waals surface area contributed by atoms with E-state index in [1.54, 1.807) is 6.07 Å². The first kappa shape index (κ1) is 10.6. The highest BCUT2D eigenvalue weighted by molar-refractivity contribution is 6.05. The van der Waals surface area contributed by atoms with Crippen molar-refractivity contribution in [1.82, 2.24) is 4.98 Å². The van der Waals surface area contributed by atoms with Gasteiger partial charge in [0.15, 0.2) is 0 Å². The fraction of sp³-hybridized carbons (Fsp3) is 0.231. The van der Waals surface area contributed by atoms with Crippen molar-refractivity contribution in [3.8, 4) is 0 Å². The molecule has 0 spiro atoms. The maximum Gasteiger partial charge on any atom is 0.268 e. The van der Waals surface area contributed by atoms with Crippen molar-refractivity contribution in [3.63, 3.8) is 0 Å². The van der Waals surface area contributed by atoms with Gasteiger partial charge in [-0.3, -0.25) is 4.79 Å². The standard InChI is InChI=1S/C13H13NO2/c1-9(2)10-4-3-5-11(8-10)12(15)13-14-6-7-16-13/h3-9H,1-2H3. The van der Waals surface area contributed by atoms with E-state index in [0.29, 0.717) is 11.5 Å². The van der Waals surface area contributed by atoms with Gasteiger partial charge in [-0.25, -0.2) is 4.98 Å². The summed E-state index contributed by atoms with van der Waals surface area (Å²) in [4.78, 5) is 15.8. The number of carbonyl (C=O) groups is 1. The minimum Gasteiger partial charge on any atom is -0.442 e. The molecule has 16 heavy (non-hydrogen) atoms. The Morgan fingerprint density at radius 1 is 1.38 bits per heavy atom. The van der Waals surface area contributed by atoms with E-state index < -0.39 is 0 Å². The van der Waals surface area contributed by atoms with Crippen LogP contribution in [0.5, 0.6) is 0 Å². The maximum absolute atomic E-state index is 11.9. The minimum atomic E-state index is -0.174. The van der Waals surface area contributed by atoms with Crippen molar-refractivity contribution in [2.24, 2.45) is 0 Å². The zero-order valence-corrected chi connectivity index (χ0v) is 9.31. The van der Waals surface area contributed by atoms with E-state index in [9.17, 15) is 4.79 Å². The summed E-state index contributed by atoms with van der Waals surface area (Å²) in [6.07, 6.45) is 2.87. The molecule has 0 bridgehead atoms. The van der Waals surface area contributed by atoms with E-state index in [1.807, 2.05) is 18.2 Å². The van der Waals surface area contributed by atoms with E-state index >= 15 is 0 Å². The molecule has 1 aromatic carbocycles. The largest absolute Gasteiger partial charge is 0.442 e. The van der Waals surface area contributed by atoms with E-state index in [4.69, 9.17) is 4.42 Å². The topological polar surface area (TPSA) is 43.1 Å². The van der Waals surface area contributed by atoms with Crippen LogP contribution in [-0.4, -0.2) is 10.8 Å². The molecule has 0 N–H and O–H groups in total. The average Bonchev–Trinajstić information content (AvgIpc) is 2.81. The van der Waals surface area contributed by atoms with Crippen molar-refractivity contribution < 1.29 is 9.21 Å². The molecule has 0 aliphatic rings. The minimum absolute atomic E-state index is 0.140. The van der Waals surface area contributed by atoms with Crippen molar-refractivity contribution in [2.45, 2.75) is 19.8 Å². The van der Waals surface area contributed by atoms with E-state index in [0.717, 1.165) is 5.56 Å². The summed E-state index contributed by atoms with van der Waals surface area (Å²) >= 11 is 0. The van der Waals surface area contributed by atoms with Crippen LogP contribution in [0.2, 0.25) is 0 Å². The second-order valence-electron chi connectivity index (χ2n) is 3.95. The second kappa shape index (κ2) is 4.31. The summed E-state index contributed by atoms with van der Waals surface area (Å²) in [5.74, 6) is 0.366. The Kier molecular flexibility index (Phi) is 2.86. The molecular formula is C13H13NO2. The van der Waals surface area contributed by atoms with Crippen LogP contribution in [0.15, 0.2) is 41.1 Å². The molecule has 0 saturated heterocycles. The zero-order chi connectivity index (χ0) is 11.5. The lowest BCUT2D eigenvalue weighted by Gasteiger charge is -2.06. The third-order valence-corrected chi connectivity index (χ3v) is 2.44. The lowest BCUT2D eigenvalue weighted by atomic mass is 9.99. The second-order valence-corrected chi connectivity index (χ2v) is 3.95. The summed E-state index contributed by atoms with van der Waals surface area (Å²) in [6, 6.07) is 7.55. The predicted octanol–water partition coefficient (Wildman–Crippen LogP) is 3.03. The third-order valence-electron chi connectivity index (χ3n) is 2.44. The van der Waals surface area contributed by atoms with Crippen molar-refractivity contribution in [2.75, 3.05) is 0 Å². The molecule has 0 amide bonds. The van der Waals surface area contributed by atoms with Crippen LogP contribution in [-0.2, 0) is 0 Å². The van der Waals surface area contributed by atoms with Crippen LogP contribution < -0.4 is 0 Å². The fourth-order valence-corrected chi connectivity index (χ4v) is 1.50. The molecule has 0 unspecified atom stereocenters. The van der Waals surface area contributed by atoms with Gasteiger partial charge < -0.3 is 4.42 Å². The van der Waals surface area contributed by atoms with Gasteiger partial charge >= 0.3 is 0 Å². The fourth-order valence-electron chi connectivity index (χ4n) is 1.50. The number of rotatable bonds is 3. The molecule has 0 radical (unpaired) electrons. The van der Waals surface area contributed by atoms with Crippen molar-refractivity contribution in [3.05, 3.63) is 53.7 Å². The number of hydrogen-bond acceptors (Lipinski definition) is 3. The Morgan fingerprint density at radius 2 is 2.19 bits per heavy atom. The first-order valence-electron chi connectivity index (χ1n) is 5.22. The molecule has 0 fully saturated rings. The first-order chi connectivity index (χ1) is 7.68. The van der Waals surface area contributed by atoms with Gasteiger partial charge in [-0.1, -0.05) is 32.0 Å². The van der Waals surface area contributed by atoms with E-state index in [2.05, 4.69) is 18.8 Å². The Bertz CT molecular complexity index is 486. The van der Waals surface area contributed by atoms with Crippen molar-refractivity contribution in [1.29, 1.82) is 0 Å². The highest BCUT2D eigenvalue weighted by Gasteiger charge is 2.14. The smallest absolute Gasteiger partial charge is 0.268 e. The number of oxazole rings is 1. The molecule has 0 aliphatic heterocycles. The summed E-state index contributed by atoms with van der Waals surface area (Å²) in [6.45, 7) is 4.18. The number of benzene rings is 1.